The van der Waals surface area contributed by atoms with Crippen molar-refractivity contribution >= 4 is 0 Å². The van der Waals surface area contributed by atoms with Gasteiger partial charge in [-0.25, -0.2) is 0 Å². The molecule has 0 fully saturated rings. The van der Waals surface area contributed by atoms with E-state index in [9.17, 15) is 0 Å². The van der Waals surface area contributed by atoms with Gasteiger partial charge in [0, 0.05) is 6.07 Å². The van der Waals surface area contributed by atoms with Gasteiger partial charge in [0.2, 0.25) is 0 Å². The summed E-state index contributed by atoms with van der Waals surface area (Å²) >= 11 is 0. The summed E-state index contributed by atoms with van der Waals surface area (Å²) in [6.45, 7) is 0.197. The molecule has 1 rings (SSSR count). The molecular formula is C10H14O4. The molecule has 1 aromatic rings. The molecule has 0 radical (unpaired) electrons. The van der Waals surface area contributed by atoms with Crippen molar-refractivity contribution in [1.29, 1.82) is 0 Å². The normalized spacial score (nSPS) is 10.9. The van der Waals surface area contributed by atoms with Gasteiger partial charge in [-0.2, -0.15) is 0 Å². The summed E-state index contributed by atoms with van der Waals surface area (Å²) in [4.78, 5) is 0. The second-order valence-electron chi connectivity index (χ2n) is 2.53. The molecule has 0 bridgehead atoms. The largest absolute Gasteiger partial charge is 0.491 e. The molecule has 0 aromatic heterocycles. The van der Waals surface area contributed by atoms with E-state index in [0.717, 1.165) is 0 Å². The lowest BCUT2D eigenvalue weighted by molar-refractivity contribution is 0.194. The Kier molecular flexibility index (Phi) is 4.14. The highest BCUT2D eigenvalue weighted by Gasteiger charge is 1.96. The van der Waals surface area contributed by atoms with E-state index in [1.54, 1.807) is 18.2 Å². The zero-order valence-corrected chi connectivity index (χ0v) is 7.77. The molecule has 0 spiro atoms. The molecule has 0 amide bonds. The van der Waals surface area contributed by atoms with Crippen LogP contribution < -0.4 is 9.47 Å². The average molecular weight is 199 g/mol. The molecule has 0 atom stereocenters. The van der Waals surface area contributed by atoms with Gasteiger partial charge in [-0.3, -0.25) is 0 Å². The van der Waals surface area contributed by atoms with E-state index in [4.69, 9.17) is 21.1 Å². The molecule has 0 aliphatic heterocycles. The first-order valence-corrected chi connectivity index (χ1v) is 4.36. The summed E-state index contributed by atoms with van der Waals surface area (Å²) < 4.78 is 17.8. The number of aliphatic hydroxyl groups is 2. The lowest BCUT2D eigenvalue weighted by Crippen LogP contribution is -2.03. The van der Waals surface area contributed by atoms with Gasteiger partial charge in [-0.15, -0.1) is 0 Å². The fourth-order valence-corrected chi connectivity index (χ4v) is 0.917. The minimum Gasteiger partial charge on any atom is -0.491 e. The molecule has 0 unspecified atom stereocenters. The van der Waals surface area contributed by atoms with Crippen molar-refractivity contribution in [1.82, 2.24) is 0 Å². The highest BCUT2D eigenvalue weighted by molar-refractivity contribution is 5.32. The SMILES string of the molecule is [2H]c1ccc(OCCO)cc1OCCO. The molecule has 4 heteroatoms. The Morgan fingerprint density at radius 2 is 1.79 bits per heavy atom. The second kappa shape index (κ2) is 6.23. The number of rotatable bonds is 6. The fourth-order valence-electron chi connectivity index (χ4n) is 0.917. The van der Waals surface area contributed by atoms with Crippen LogP contribution in [0.2, 0.25) is 0 Å². The van der Waals surface area contributed by atoms with Crippen LogP contribution in [-0.4, -0.2) is 36.6 Å². The Morgan fingerprint density at radius 1 is 1.14 bits per heavy atom. The fraction of sp³-hybridized carbons (Fsp3) is 0.400. The molecule has 1 aromatic carbocycles. The quantitative estimate of drug-likeness (QED) is 0.697. The molecule has 0 aliphatic carbocycles. The molecule has 78 valence electrons. The molecule has 0 aliphatic rings. The van der Waals surface area contributed by atoms with Crippen molar-refractivity contribution in [3.63, 3.8) is 0 Å². The van der Waals surface area contributed by atoms with Gasteiger partial charge in [0.25, 0.3) is 0 Å². The first kappa shape index (κ1) is 9.30. The van der Waals surface area contributed by atoms with Gasteiger partial charge in [-0.1, -0.05) is 6.07 Å². The van der Waals surface area contributed by atoms with Crippen molar-refractivity contribution in [3.05, 3.63) is 24.2 Å². The maximum Gasteiger partial charge on any atom is 0.123 e. The monoisotopic (exact) mass is 199 g/mol. The number of aliphatic hydroxyl groups excluding tert-OH is 2. The zero-order chi connectivity index (χ0) is 11.1. The Balaban J connectivity index is 2.66. The van der Waals surface area contributed by atoms with E-state index in [2.05, 4.69) is 0 Å². The topological polar surface area (TPSA) is 58.9 Å². The van der Waals surface area contributed by atoms with Crippen LogP contribution in [0, 0.1) is 0 Å². The molecule has 4 nitrogen and oxygen atoms in total. The van der Waals surface area contributed by atoms with Crippen LogP contribution in [0.4, 0.5) is 0 Å². The van der Waals surface area contributed by atoms with Crippen LogP contribution in [0.1, 0.15) is 1.37 Å². The van der Waals surface area contributed by atoms with Crippen molar-refractivity contribution in [2.75, 3.05) is 26.4 Å². The number of hydrogen-bond donors (Lipinski definition) is 2. The van der Waals surface area contributed by atoms with E-state index in [0.29, 0.717) is 11.5 Å². The molecule has 0 heterocycles. The highest BCUT2D eigenvalue weighted by Crippen LogP contribution is 2.18. The average Bonchev–Trinajstić information content (AvgIpc) is 2.26. The van der Waals surface area contributed by atoms with Gasteiger partial charge in [-0.05, 0) is 12.1 Å². The van der Waals surface area contributed by atoms with Gasteiger partial charge < -0.3 is 19.7 Å². The van der Waals surface area contributed by atoms with E-state index < -0.39 is 0 Å². The smallest absolute Gasteiger partial charge is 0.123 e. The number of hydrogen-bond acceptors (Lipinski definition) is 4. The maximum absolute atomic E-state index is 8.58. The lowest BCUT2D eigenvalue weighted by Gasteiger charge is -2.07. The third-order valence-corrected chi connectivity index (χ3v) is 1.46. The van der Waals surface area contributed by atoms with Gasteiger partial charge >= 0.3 is 0 Å². The standard InChI is InChI=1S/C10H14O4/c11-4-6-13-9-2-1-3-10(8-9)14-7-5-12/h1-3,8,11-12H,4-7H2/i2D. The van der Waals surface area contributed by atoms with Crippen molar-refractivity contribution in [3.8, 4) is 11.5 Å². The van der Waals surface area contributed by atoms with E-state index in [-0.39, 0.29) is 32.5 Å². The highest BCUT2D eigenvalue weighted by atomic mass is 16.5. The van der Waals surface area contributed by atoms with Crippen LogP contribution in [0.15, 0.2) is 24.2 Å². The Bertz CT molecular complexity index is 303. The van der Waals surface area contributed by atoms with Crippen LogP contribution in [-0.2, 0) is 0 Å². The third kappa shape index (κ3) is 3.64. The first-order chi connectivity index (χ1) is 7.27. The zero-order valence-electron chi connectivity index (χ0n) is 8.77. The maximum atomic E-state index is 8.58. The Morgan fingerprint density at radius 3 is 2.43 bits per heavy atom. The first-order valence-electron chi connectivity index (χ1n) is 4.86. The second-order valence-corrected chi connectivity index (χ2v) is 2.53. The molecule has 0 saturated carbocycles. The van der Waals surface area contributed by atoms with Gasteiger partial charge in [0.1, 0.15) is 24.7 Å². The summed E-state index contributed by atoms with van der Waals surface area (Å²) in [5.74, 6) is 0.896. The number of ether oxygens (including phenoxy) is 2. The summed E-state index contributed by atoms with van der Waals surface area (Å²) in [6.07, 6.45) is 0. The minimum atomic E-state index is -0.0961. The molecule has 2 N–H and O–H groups in total. The summed E-state index contributed by atoms with van der Waals surface area (Å²) in [5, 5.41) is 17.1. The van der Waals surface area contributed by atoms with Crippen molar-refractivity contribution < 1.29 is 21.1 Å². The summed E-state index contributed by atoms with van der Waals surface area (Å²) in [5.41, 5.74) is 0. The van der Waals surface area contributed by atoms with E-state index in [1.165, 1.54) is 0 Å². The van der Waals surface area contributed by atoms with Crippen molar-refractivity contribution in [2.24, 2.45) is 0 Å². The van der Waals surface area contributed by atoms with E-state index in [1.807, 2.05) is 0 Å². The van der Waals surface area contributed by atoms with Gasteiger partial charge in [0.15, 0.2) is 0 Å². The van der Waals surface area contributed by atoms with Crippen LogP contribution in [0.25, 0.3) is 0 Å². The summed E-state index contributed by atoms with van der Waals surface area (Å²) in [6, 6.07) is 4.97. The van der Waals surface area contributed by atoms with E-state index >= 15 is 0 Å². The van der Waals surface area contributed by atoms with Gasteiger partial charge in [0.05, 0.1) is 14.6 Å². The summed E-state index contributed by atoms with van der Waals surface area (Å²) in [7, 11) is 0. The number of benzene rings is 1. The Labute approximate surface area is 84.1 Å². The van der Waals surface area contributed by atoms with Crippen LogP contribution >= 0.6 is 0 Å². The predicted molar refractivity (Wildman–Crippen MR) is 51.6 cm³/mol. The molecule has 0 saturated heterocycles. The van der Waals surface area contributed by atoms with Crippen molar-refractivity contribution in [2.45, 2.75) is 0 Å². The van der Waals surface area contributed by atoms with Crippen LogP contribution in [0.3, 0.4) is 0 Å². The Hall–Kier alpha value is -1.26. The third-order valence-electron chi connectivity index (χ3n) is 1.46. The lowest BCUT2D eigenvalue weighted by atomic mass is 10.3. The minimum absolute atomic E-state index is 0.0601. The van der Waals surface area contributed by atoms with Crippen LogP contribution in [0.5, 0.6) is 11.5 Å². The molecule has 14 heavy (non-hydrogen) atoms. The predicted octanol–water partition coefficient (Wildman–Crippen LogP) is 0.429. The molecular weight excluding hydrogens is 184 g/mol.